The van der Waals surface area contributed by atoms with Gasteiger partial charge in [-0.2, -0.15) is 18.2 Å². The number of carbonyl (C=O) groups is 2. The summed E-state index contributed by atoms with van der Waals surface area (Å²) in [5.74, 6) is -4.89. The number of benzene rings is 1. The lowest BCUT2D eigenvalue weighted by Gasteiger charge is -2.16. The molecular formula is C16H8F4N4O3S. The number of alkyl halides is 3. The number of rotatable bonds is 3. The lowest BCUT2D eigenvalue weighted by Crippen LogP contribution is -2.31. The predicted octanol–water partition coefficient (Wildman–Crippen LogP) is 2.88. The third-order valence-electron chi connectivity index (χ3n) is 3.59. The maximum absolute atomic E-state index is 13.7. The van der Waals surface area contributed by atoms with Crippen LogP contribution in [0.25, 0.3) is 0 Å². The van der Waals surface area contributed by atoms with Gasteiger partial charge in [-0.25, -0.2) is 9.38 Å². The molecule has 3 rings (SSSR count). The summed E-state index contributed by atoms with van der Waals surface area (Å²) in [5, 5.41) is 5.35. The Morgan fingerprint density at radius 3 is 2.54 bits per heavy atom. The summed E-state index contributed by atoms with van der Waals surface area (Å²) in [4.78, 5) is 31.3. The Bertz CT molecular complexity index is 1070. The van der Waals surface area contributed by atoms with Crippen LogP contribution in [0.2, 0.25) is 0 Å². The molecule has 0 aliphatic carbocycles. The van der Waals surface area contributed by atoms with Gasteiger partial charge in [-0.15, -0.1) is 0 Å². The van der Waals surface area contributed by atoms with E-state index in [1.54, 1.807) is 0 Å². The maximum Gasteiger partial charge on any atom is 0.471 e. The number of hydrogen-bond donors (Lipinski definition) is 1. The molecule has 12 heteroatoms. The molecule has 1 aromatic carbocycles. The Balaban J connectivity index is 1.90. The number of amides is 1. The van der Waals surface area contributed by atoms with E-state index in [1.165, 1.54) is 25.1 Å². The molecule has 0 fully saturated rings. The number of aromatic nitrogens is 2. The van der Waals surface area contributed by atoms with E-state index in [4.69, 9.17) is 12.2 Å². The van der Waals surface area contributed by atoms with Crippen molar-refractivity contribution >= 4 is 40.3 Å². The van der Waals surface area contributed by atoms with E-state index in [0.29, 0.717) is 0 Å². The summed E-state index contributed by atoms with van der Waals surface area (Å²) in [6.45, 7) is 1.23. The van der Waals surface area contributed by atoms with Gasteiger partial charge in [0, 0.05) is 5.57 Å². The van der Waals surface area contributed by atoms with E-state index < -0.39 is 41.1 Å². The van der Waals surface area contributed by atoms with Crippen molar-refractivity contribution in [3.05, 3.63) is 52.9 Å². The van der Waals surface area contributed by atoms with Crippen molar-refractivity contribution in [3.8, 4) is 0 Å². The number of allylic oxidation sites excluding steroid dienone is 1. The molecule has 1 aromatic heterocycles. The van der Waals surface area contributed by atoms with E-state index in [0.717, 1.165) is 6.07 Å². The fraction of sp³-hybridized carbons (Fsp3) is 0.125. The molecule has 1 amide bonds. The standard InChI is InChI=1S/C16H8F4N4O3S/c1-6-9(13(26)21-8-5-3-2-4-7(8)17)14(28)22-10(11(6)25)12-23-15(27-24-12)16(18,19)20/h2-5H,1H3,(H,21,26). The second kappa shape index (κ2) is 7.03. The van der Waals surface area contributed by atoms with Crippen LogP contribution in [0.3, 0.4) is 0 Å². The highest BCUT2D eigenvalue weighted by Gasteiger charge is 2.40. The van der Waals surface area contributed by atoms with Gasteiger partial charge < -0.3 is 9.84 Å². The smallest absolute Gasteiger partial charge is 0.329 e. The van der Waals surface area contributed by atoms with Gasteiger partial charge in [0.15, 0.2) is 5.71 Å². The zero-order chi connectivity index (χ0) is 20.6. The van der Waals surface area contributed by atoms with Crippen molar-refractivity contribution < 1.29 is 31.7 Å². The number of para-hydroxylation sites is 1. The Hall–Kier alpha value is -3.28. The molecule has 0 saturated carbocycles. The Labute approximate surface area is 159 Å². The molecule has 28 heavy (non-hydrogen) atoms. The first-order valence-corrected chi connectivity index (χ1v) is 7.86. The van der Waals surface area contributed by atoms with Crippen molar-refractivity contribution in [1.29, 1.82) is 0 Å². The molecule has 1 aliphatic heterocycles. The van der Waals surface area contributed by atoms with Crippen LogP contribution in [0, 0.1) is 5.82 Å². The van der Waals surface area contributed by atoms with Crippen LogP contribution in [-0.4, -0.2) is 32.5 Å². The van der Waals surface area contributed by atoms with E-state index >= 15 is 0 Å². The van der Waals surface area contributed by atoms with E-state index in [-0.39, 0.29) is 21.8 Å². The number of carbonyl (C=O) groups excluding carboxylic acids is 2. The summed E-state index contributed by atoms with van der Waals surface area (Å²) in [5.41, 5.74) is -1.26. The molecule has 0 saturated heterocycles. The summed E-state index contributed by atoms with van der Waals surface area (Å²) in [7, 11) is 0. The Morgan fingerprint density at radius 2 is 1.93 bits per heavy atom. The largest absolute Gasteiger partial charge is 0.471 e. The fourth-order valence-corrected chi connectivity index (χ4v) is 2.60. The van der Waals surface area contributed by atoms with Crippen LogP contribution in [0.4, 0.5) is 23.2 Å². The van der Waals surface area contributed by atoms with Crippen LogP contribution in [-0.2, 0) is 15.8 Å². The first-order valence-electron chi connectivity index (χ1n) is 7.45. The average Bonchev–Trinajstić information content (AvgIpc) is 3.10. The molecule has 1 N–H and O–H groups in total. The quantitative estimate of drug-likeness (QED) is 0.615. The van der Waals surface area contributed by atoms with Crippen molar-refractivity contribution in [2.24, 2.45) is 4.99 Å². The minimum atomic E-state index is -4.90. The van der Waals surface area contributed by atoms with Crippen molar-refractivity contribution in [1.82, 2.24) is 10.1 Å². The molecule has 144 valence electrons. The minimum Gasteiger partial charge on any atom is -0.329 e. The van der Waals surface area contributed by atoms with Gasteiger partial charge in [-0.1, -0.05) is 29.5 Å². The summed E-state index contributed by atoms with van der Waals surface area (Å²) < 4.78 is 55.5. The number of anilines is 1. The van der Waals surface area contributed by atoms with Gasteiger partial charge in [0.2, 0.25) is 11.6 Å². The summed E-state index contributed by atoms with van der Waals surface area (Å²) in [6, 6.07) is 5.31. The van der Waals surface area contributed by atoms with Crippen LogP contribution >= 0.6 is 12.2 Å². The third kappa shape index (κ3) is 3.58. The van der Waals surface area contributed by atoms with Crippen LogP contribution in [0.1, 0.15) is 18.6 Å². The summed E-state index contributed by atoms with van der Waals surface area (Å²) >= 11 is 4.98. The number of ketones is 1. The first kappa shape index (κ1) is 19.5. The lowest BCUT2D eigenvalue weighted by atomic mass is 9.98. The molecule has 7 nitrogen and oxygen atoms in total. The molecule has 0 atom stereocenters. The zero-order valence-electron chi connectivity index (χ0n) is 13.8. The predicted molar refractivity (Wildman–Crippen MR) is 91.2 cm³/mol. The highest BCUT2D eigenvalue weighted by atomic mass is 32.1. The fourth-order valence-electron chi connectivity index (χ4n) is 2.26. The topological polar surface area (TPSA) is 97.5 Å². The summed E-state index contributed by atoms with van der Waals surface area (Å²) in [6.07, 6.45) is -4.90. The van der Waals surface area contributed by atoms with E-state index in [1.807, 2.05) is 0 Å². The second-order valence-corrected chi connectivity index (χ2v) is 5.84. The SMILES string of the molecule is CC1=C(C(=O)Nc2ccccc2F)C(=S)N=C(c2noc(C(F)(F)F)n2)C1=O. The van der Waals surface area contributed by atoms with Crippen LogP contribution in [0.5, 0.6) is 0 Å². The maximum atomic E-state index is 13.7. The highest BCUT2D eigenvalue weighted by molar-refractivity contribution is 7.81. The number of hydrogen-bond acceptors (Lipinski definition) is 6. The number of Topliss-reactive ketones (excluding diaryl/α,β-unsaturated/α-hetero) is 1. The van der Waals surface area contributed by atoms with Crippen molar-refractivity contribution in [3.63, 3.8) is 0 Å². The van der Waals surface area contributed by atoms with E-state index in [9.17, 15) is 27.2 Å². The van der Waals surface area contributed by atoms with Gasteiger partial charge in [0.1, 0.15) is 10.8 Å². The molecule has 1 aliphatic rings. The van der Waals surface area contributed by atoms with Crippen LogP contribution in [0.15, 0.2) is 44.9 Å². The van der Waals surface area contributed by atoms with E-state index in [2.05, 4.69) is 25.0 Å². The van der Waals surface area contributed by atoms with Crippen LogP contribution < -0.4 is 5.32 Å². The first-order chi connectivity index (χ1) is 13.1. The third-order valence-corrected chi connectivity index (χ3v) is 3.88. The normalized spacial score (nSPS) is 15.0. The Kier molecular flexibility index (Phi) is 4.89. The molecule has 2 heterocycles. The van der Waals surface area contributed by atoms with Gasteiger partial charge in [0.25, 0.3) is 5.91 Å². The van der Waals surface area contributed by atoms with Crippen molar-refractivity contribution in [2.75, 3.05) is 5.32 Å². The highest BCUT2D eigenvalue weighted by Crippen LogP contribution is 2.28. The van der Waals surface area contributed by atoms with Gasteiger partial charge >= 0.3 is 12.1 Å². The van der Waals surface area contributed by atoms with Crippen molar-refractivity contribution in [2.45, 2.75) is 13.1 Å². The number of nitrogens with zero attached hydrogens (tertiary/aromatic N) is 3. The zero-order valence-corrected chi connectivity index (χ0v) is 14.6. The molecular weight excluding hydrogens is 404 g/mol. The molecule has 0 bridgehead atoms. The molecule has 0 spiro atoms. The second-order valence-electron chi connectivity index (χ2n) is 5.45. The number of nitrogens with one attached hydrogen (secondary N) is 1. The number of aliphatic imine (C=N–C) groups is 1. The number of dihydropyridines is 1. The number of halogens is 4. The molecule has 2 aromatic rings. The molecule has 0 unspecified atom stereocenters. The average molecular weight is 412 g/mol. The van der Waals surface area contributed by atoms with Gasteiger partial charge in [0.05, 0.1) is 11.3 Å². The monoisotopic (exact) mass is 412 g/mol. The molecule has 0 radical (unpaired) electrons. The minimum absolute atomic E-state index is 0.147. The van der Waals surface area contributed by atoms with Gasteiger partial charge in [-0.05, 0) is 19.1 Å². The van der Waals surface area contributed by atoms with Gasteiger partial charge in [-0.3, -0.25) is 9.59 Å². The Morgan fingerprint density at radius 1 is 1.25 bits per heavy atom. The number of thiocarbonyl (C=S) groups is 1. The lowest BCUT2D eigenvalue weighted by molar-refractivity contribution is -0.159.